The van der Waals surface area contributed by atoms with Crippen molar-refractivity contribution in [3.05, 3.63) is 64.7 Å². The highest BCUT2D eigenvalue weighted by Crippen LogP contribution is 2.24. The Morgan fingerprint density at radius 1 is 1.04 bits per heavy atom. The van der Waals surface area contributed by atoms with E-state index >= 15 is 0 Å². The van der Waals surface area contributed by atoms with Crippen LogP contribution in [0.3, 0.4) is 0 Å². The van der Waals surface area contributed by atoms with Gasteiger partial charge in [-0.3, -0.25) is 19.3 Å². The van der Waals surface area contributed by atoms with Crippen LogP contribution in [0.1, 0.15) is 32.1 Å². The second-order valence-electron chi connectivity index (χ2n) is 6.38. The quantitative estimate of drug-likeness (QED) is 0.639. The maximum atomic E-state index is 12.5. The lowest BCUT2D eigenvalue weighted by Gasteiger charge is -2.18. The fourth-order valence-electron chi connectivity index (χ4n) is 3.12. The number of benzene rings is 2. The third kappa shape index (κ3) is 3.21. The zero-order valence-electron chi connectivity index (χ0n) is 14.7. The Hall–Kier alpha value is -3.06. The van der Waals surface area contributed by atoms with Gasteiger partial charge in [0.2, 0.25) is 5.91 Å². The average Bonchev–Trinajstić information content (AvgIpc) is 3.19. The number of hydrogen-bond donors (Lipinski definition) is 0. The normalized spacial score (nSPS) is 13.3. The Labute approximate surface area is 160 Å². The summed E-state index contributed by atoms with van der Waals surface area (Å²) >= 11 is 1.56. The van der Waals surface area contributed by atoms with E-state index in [1.807, 2.05) is 24.3 Å². The lowest BCUT2D eigenvalue weighted by atomic mass is 10.1. The molecule has 0 bridgehead atoms. The predicted octanol–water partition coefficient (Wildman–Crippen LogP) is 2.94. The minimum Gasteiger partial charge on any atom is -0.339 e. The number of amides is 3. The molecule has 0 saturated heterocycles. The van der Waals surface area contributed by atoms with Crippen molar-refractivity contribution in [3.63, 3.8) is 0 Å². The largest absolute Gasteiger partial charge is 0.339 e. The molecule has 0 atom stereocenters. The lowest BCUT2D eigenvalue weighted by molar-refractivity contribution is -0.130. The molecule has 3 aromatic rings. The molecule has 0 aliphatic carbocycles. The van der Waals surface area contributed by atoms with Crippen LogP contribution in [0.2, 0.25) is 0 Å². The zero-order chi connectivity index (χ0) is 19.0. The standard InChI is InChI=1S/C20H17N3O3S/c1-22(12-17-21-15-8-4-5-9-16(15)27-17)18(24)10-11-23-19(25)13-6-2-3-7-14(13)20(23)26/h2-9H,10-12H2,1H3. The smallest absolute Gasteiger partial charge is 0.261 e. The number of carbonyl (C=O) groups is 3. The van der Waals surface area contributed by atoms with Crippen molar-refractivity contribution in [2.75, 3.05) is 13.6 Å². The predicted molar refractivity (Wildman–Crippen MR) is 103 cm³/mol. The van der Waals surface area contributed by atoms with Crippen LogP contribution in [-0.4, -0.2) is 46.1 Å². The molecule has 0 radical (unpaired) electrons. The Bertz CT molecular complexity index is 991. The molecular formula is C20H17N3O3S. The molecule has 3 amide bonds. The second-order valence-corrected chi connectivity index (χ2v) is 7.50. The van der Waals surface area contributed by atoms with Crippen LogP contribution in [0.25, 0.3) is 10.2 Å². The van der Waals surface area contributed by atoms with Gasteiger partial charge in [-0.05, 0) is 24.3 Å². The molecule has 0 N–H and O–H groups in total. The molecule has 136 valence electrons. The maximum absolute atomic E-state index is 12.5. The van der Waals surface area contributed by atoms with E-state index in [9.17, 15) is 14.4 Å². The average molecular weight is 379 g/mol. The highest BCUT2D eigenvalue weighted by molar-refractivity contribution is 7.18. The van der Waals surface area contributed by atoms with E-state index in [1.165, 1.54) is 0 Å². The van der Waals surface area contributed by atoms with E-state index < -0.39 is 0 Å². The topological polar surface area (TPSA) is 70.6 Å². The minimum atomic E-state index is -0.336. The van der Waals surface area contributed by atoms with E-state index in [1.54, 1.807) is 47.5 Å². The minimum absolute atomic E-state index is 0.0787. The fourth-order valence-corrected chi connectivity index (χ4v) is 4.14. The summed E-state index contributed by atoms with van der Waals surface area (Å²) in [4.78, 5) is 44.4. The van der Waals surface area contributed by atoms with Gasteiger partial charge in [0.1, 0.15) is 5.01 Å². The molecule has 7 heteroatoms. The molecule has 2 heterocycles. The van der Waals surface area contributed by atoms with Crippen molar-refractivity contribution in [1.29, 1.82) is 0 Å². The van der Waals surface area contributed by atoms with Gasteiger partial charge in [0, 0.05) is 20.0 Å². The van der Waals surface area contributed by atoms with Gasteiger partial charge < -0.3 is 4.90 Å². The summed E-state index contributed by atoms with van der Waals surface area (Å²) in [5.41, 5.74) is 1.72. The van der Waals surface area contributed by atoms with E-state index in [0.717, 1.165) is 20.1 Å². The summed E-state index contributed by atoms with van der Waals surface area (Å²) in [6.07, 6.45) is 0.0901. The van der Waals surface area contributed by atoms with Crippen LogP contribution in [-0.2, 0) is 11.3 Å². The van der Waals surface area contributed by atoms with E-state index in [2.05, 4.69) is 4.98 Å². The first kappa shape index (κ1) is 17.4. The van der Waals surface area contributed by atoms with Crippen molar-refractivity contribution in [1.82, 2.24) is 14.8 Å². The number of aromatic nitrogens is 1. The first-order chi connectivity index (χ1) is 13.0. The van der Waals surface area contributed by atoms with Crippen molar-refractivity contribution in [2.45, 2.75) is 13.0 Å². The summed E-state index contributed by atoms with van der Waals surface area (Å²) in [5.74, 6) is -0.805. The Kier molecular flexibility index (Phi) is 4.45. The van der Waals surface area contributed by atoms with Crippen LogP contribution < -0.4 is 0 Å². The number of rotatable bonds is 5. The summed E-state index contributed by atoms with van der Waals surface area (Å²) in [7, 11) is 1.71. The van der Waals surface area contributed by atoms with Gasteiger partial charge in [-0.2, -0.15) is 0 Å². The number of imide groups is 1. The summed E-state index contributed by atoms with van der Waals surface area (Å²) in [6, 6.07) is 14.6. The molecular weight excluding hydrogens is 362 g/mol. The number of carbonyl (C=O) groups excluding carboxylic acids is 3. The van der Waals surface area contributed by atoms with Gasteiger partial charge in [0.05, 0.1) is 27.9 Å². The lowest BCUT2D eigenvalue weighted by Crippen LogP contribution is -2.35. The molecule has 0 fully saturated rings. The highest BCUT2D eigenvalue weighted by atomic mass is 32.1. The summed E-state index contributed by atoms with van der Waals surface area (Å²) in [6.45, 7) is 0.482. The molecule has 1 aliphatic rings. The highest BCUT2D eigenvalue weighted by Gasteiger charge is 2.35. The SMILES string of the molecule is CN(Cc1nc2ccccc2s1)C(=O)CCN1C(=O)c2ccccc2C1=O. The molecule has 27 heavy (non-hydrogen) atoms. The molecule has 1 aromatic heterocycles. The molecule has 4 rings (SSSR count). The van der Waals surface area contributed by atoms with Crippen LogP contribution in [0, 0.1) is 0 Å². The Balaban J connectivity index is 1.38. The van der Waals surface area contributed by atoms with E-state index in [-0.39, 0.29) is 30.7 Å². The number of para-hydroxylation sites is 1. The van der Waals surface area contributed by atoms with Gasteiger partial charge in [-0.25, -0.2) is 4.98 Å². The molecule has 0 spiro atoms. The number of thiazole rings is 1. The number of nitrogens with zero attached hydrogens (tertiary/aromatic N) is 3. The third-order valence-electron chi connectivity index (χ3n) is 4.56. The molecule has 6 nitrogen and oxygen atoms in total. The fraction of sp³-hybridized carbons (Fsp3) is 0.200. The van der Waals surface area contributed by atoms with Crippen LogP contribution in [0.15, 0.2) is 48.5 Å². The van der Waals surface area contributed by atoms with Gasteiger partial charge in [-0.15, -0.1) is 11.3 Å². The first-order valence-electron chi connectivity index (χ1n) is 8.58. The molecule has 0 unspecified atom stereocenters. The Morgan fingerprint density at radius 3 is 2.33 bits per heavy atom. The Morgan fingerprint density at radius 2 is 1.67 bits per heavy atom. The number of fused-ring (bicyclic) bond motifs is 2. The zero-order valence-corrected chi connectivity index (χ0v) is 15.5. The van der Waals surface area contributed by atoms with Gasteiger partial charge in [0.15, 0.2) is 0 Å². The van der Waals surface area contributed by atoms with Crippen LogP contribution in [0.4, 0.5) is 0 Å². The van der Waals surface area contributed by atoms with Gasteiger partial charge in [0.25, 0.3) is 11.8 Å². The van der Waals surface area contributed by atoms with Crippen molar-refractivity contribution in [3.8, 4) is 0 Å². The van der Waals surface area contributed by atoms with E-state index in [4.69, 9.17) is 0 Å². The second kappa shape index (κ2) is 6.92. The van der Waals surface area contributed by atoms with Crippen molar-refractivity contribution in [2.24, 2.45) is 0 Å². The van der Waals surface area contributed by atoms with Gasteiger partial charge in [-0.1, -0.05) is 24.3 Å². The third-order valence-corrected chi connectivity index (χ3v) is 5.58. The summed E-state index contributed by atoms with van der Waals surface area (Å²) in [5, 5.41) is 0.854. The van der Waals surface area contributed by atoms with E-state index in [0.29, 0.717) is 17.7 Å². The van der Waals surface area contributed by atoms with Crippen LogP contribution in [0.5, 0.6) is 0 Å². The summed E-state index contributed by atoms with van der Waals surface area (Å²) < 4.78 is 1.08. The molecule has 0 saturated carbocycles. The monoisotopic (exact) mass is 379 g/mol. The first-order valence-corrected chi connectivity index (χ1v) is 9.40. The van der Waals surface area contributed by atoms with Crippen molar-refractivity contribution < 1.29 is 14.4 Å². The maximum Gasteiger partial charge on any atom is 0.261 e. The molecule has 2 aromatic carbocycles. The van der Waals surface area contributed by atoms with Gasteiger partial charge >= 0.3 is 0 Å². The van der Waals surface area contributed by atoms with Crippen LogP contribution >= 0.6 is 11.3 Å². The van der Waals surface area contributed by atoms with Crippen molar-refractivity contribution >= 4 is 39.3 Å². The number of hydrogen-bond acceptors (Lipinski definition) is 5. The molecule has 1 aliphatic heterocycles.